The summed E-state index contributed by atoms with van der Waals surface area (Å²) in [5, 5.41) is 0.716. The van der Waals surface area contributed by atoms with Crippen LogP contribution in [0, 0.1) is 5.92 Å². The first-order valence-corrected chi connectivity index (χ1v) is 9.06. The number of nitrogens with zero attached hydrogens (tertiary/aromatic N) is 1. The highest BCUT2D eigenvalue weighted by molar-refractivity contribution is 7.18. The Kier molecular flexibility index (Phi) is 4.58. The zero-order valence-corrected chi connectivity index (χ0v) is 15.3. The number of allylic oxidation sites excluding steroid dienone is 1. The number of nitrogens with one attached hydrogen (secondary N) is 1. The maximum absolute atomic E-state index is 12.5. The van der Waals surface area contributed by atoms with Crippen LogP contribution in [0.25, 0.3) is 10.2 Å². The van der Waals surface area contributed by atoms with Crippen molar-refractivity contribution in [2.75, 3.05) is 0 Å². The minimum absolute atomic E-state index is 0.132. The molecule has 0 radical (unpaired) electrons. The van der Waals surface area contributed by atoms with Gasteiger partial charge in [-0.25, -0.2) is 9.78 Å². The zero-order valence-electron chi connectivity index (χ0n) is 14.4. The Labute approximate surface area is 144 Å². The molecule has 24 heavy (non-hydrogen) atoms. The molecular weight excluding hydrogens is 324 g/mol. The summed E-state index contributed by atoms with van der Waals surface area (Å²) in [6, 6.07) is 0. The summed E-state index contributed by atoms with van der Waals surface area (Å²) in [5.74, 6) is 0.618. The van der Waals surface area contributed by atoms with Crippen LogP contribution in [0.2, 0.25) is 0 Å². The third-order valence-electron chi connectivity index (χ3n) is 4.27. The Morgan fingerprint density at radius 2 is 2.21 bits per heavy atom. The molecule has 2 aromatic rings. The molecule has 1 aliphatic carbocycles. The average molecular weight is 346 g/mol. The fourth-order valence-corrected chi connectivity index (χ4v) is 4.45. The second-order valence-electron chi connectivity index (χ2n) is 6.78. The second-order valence-corrected chi connectivity index (χ2v) is 7.87. The number of thiophene rings is 1. The van der Waals surface area contributed by atoms with E-state index in [1.54, 1.807) is 18.3 Å². The van der Waals surface area contributed by atoms with Crippen molar-refractivity contribution in [3.05, 3.63) is 38.3 Å². The number of aromatic nitrogens is 2. The molecule has 128 valence electrons. The Morgan fingerprint density at radius 1 is 1.46 bits per heavy atom. The molecule has 1 N–H and O–H groups in total. The smallest absolute Gasteiger partial charge is 0.331 e. The van der Waals surface area contributed by atoms with Crippen LogP contribution in [0.4, 0.5) is 0 Å². The summed E-state index contributed by atoms with van der Waals surface area (Å²) >= 11 is 1.60. The van der Waals surface area contributed by atoms with Gasteiger partial charge in [0.15, 0.2) is 11.9 Å². The number of rotatable bonds is 3. The molecule has 5 nitrogen and oxygen atoms in total. The van der Waals surface area contributed by atoms with E-state index in [4.69, 9.17) is 4.74 Å². The molecule has 0 fully saturated rings. The Morgan fingerprint density at radius 3 is 2.92 bits per heavy atom. The molecule has 0 aromatic carbocycles. The van der Waals surface area contributed by atoms with Crippen LogP contribution in [0.3, 0.4) is 0 Å². The quantitative estimate of drug-likeness (QED) is 0.680. The number of aryl methyl sites for hydroxylation is 1. The highest BCUT2D eigenvalue weighted by Gasteiger charge is 2.24. The van der Waals surface area contributed by atoms with Crippen LogP contribution in [-0.4, -0.2) is 15.9 Å². The largest absolute Gasteiger partial charge is 0.451 e. The molecule has 0 bridgehead atoms. The highest BCUT2D eigenvalue weighted by atomic mass is 32.1. The lowest BCUT2D eigenvalue weighted by atomic mass is 9.89. The second kappa shape index (κ2) is 6.51. The molecule has 0 amide bonds. The first-order valence-electron chi connectivity index (χ1n) is 8.25. The van der Waals surface area contributed by atoms with E-state index in [1.165, 1.54) is 11.0 Å². The van der Waals surface area contributed by atoms with E-state index in [2.05, 4.69) is 16.9 Å². The van der Waals surface area contributed by atoms with Gasteiger partial charge in [-0.15, -0.1) is 11.3 Å². The number of hydrogen-bond donors (Lipinski definition) is 1. The van der Waals surface area contributed by atoms with E-state index in [0.29, 0.717) is 17.1 Å². The Bertz CT molecular complexity index is 874. The summed E-state index contributed by atoms with van der Waals surface area (Å²) in [6.45, 7) is 7.61. The van der Waals surface area contributed by atoms with Gasteiger partial charge in [0.2, 0.25) is 0 Å². The van der Waals surface area contributed by atoms with Crippen LogP contribution >= 0.6 is 11.3 Å². The van der Waals surface area contributed by atoms with Crippen molar-refractivity contribution >= 4 is 27.5 Å². The molecule has 0 unspecified atom stereocenters. The van der Waals surface area contributed by atoms with E-state index in [9.17, 15) is 9.59 Å². The van der Waals surface area contributed by atoms with Crippen molar-refractivity contribution in [1.29, 1.82) is 0 Å². The van der Waals surface area contributed by atoms with Crippen molar-refractivity contribution in [3.8, 4) is 0 Å². The van der Waals surface area contributed by atoms with E-state index < -0.39 is 12.1 Å². The van der Waals surface area contributed by atoms with E-state index >= 15 is 0 Å². The van der Waals surface area contributed by atoms with Crippen LogP contribution in [0.5, 0.6) is 0 Å². The Balaban J connectivity index is 1.95. The molecule has 2 heterocycles. The van der Waals surface area contributed by atoms with Gasteiger partial charge in [0, 0.05) is 11.0 Å². The van der Waals surface area contributed by atoms with E-state index in [1.807, 2.05) is 13.8 Å². The topological polar surface area (TPSA) is 72.0 Å². The number of hydrogen-bond acceptors (Lipinski definition) is 5. The van der Waals surface area contributed by atoms with Crippen molar-refractivity contribution in [2.45, 2.75) is 53.1 Å². The maximum Gasteiger partial charge on any atom is 0.331 e. The fourth-order valence-electron chi connectivity index (χ4n) is 3.06. The standard InChI is InChI=1S/C18H22N2O3S/c1-9(2)7-14(21)23-11(4)16-19-17(22)15-12-6-5-10(3)8-13(12)24-18(15)20-16/h7,10-11H,5-6,8H2,1-4H3,(H,19,20,22)/t10-,11-/m1/s1. The number of H-pyrrole nitrogens is 1. The van der Waals surface area contributed by atoms with Crippen molar-refractivity contribution < 1.29 is 9.53 Å². The first-order chi connectivity index (χ1) is 11.3. The van der Waals surface area contributed by atoms with Gasteiger partial charge in [0.25, 0.3) is 5.56 Å². The molecule has 0 aliphatic heterocycles. The zero-order chi connectivity index (χ0) is 17.4. The summed E-state index contributed by atoms with van der Waals surface area (Å²) < 4.78 is 5.33. The summed E-state index contributed by atoms with van der Waals surface area (Å²) in [4.78, 5) is 33.7. The SMILES string of the molecule is CC(C)=CC(=O)O[C@H](C)c1nc2sc3c(c2c(=O)[nH]1)CC[C@@H](C)C3. The highest BCUT2D eigenvalue weighted by Crippen LogP contribution is 2.35. The van der Waals surface area contributed by atoms with Gasteiger partial charge in [0.1, 0.15) is 4.83 Å². The number of carbonyl (C=O) groups excluding carboxylic acids is 1. The molecule has 0 saturated heterocycles. The average Bonchev–Trinajstić information content (AvgIpc) is 2.83. The van der Waals surface area contributed by atoms with Gasteiger partial charge in [-0.05, 0) is 51.5 Å². The first kappa shape index (κ1) is 16.9. The molecular formula is C18H22N2O3S. The predicted molar refractivity (Wildman–Crippen MR) is 95.4 cm³/mol. The summed E-state index contributed by atoms with van der Waals surface area (Å²) in [7, 11) is 0. The van der Waals surface area contributed by atoms with Gasteiger partial charge in [-0.2, -0.15) is 0 Å². The van der Waals surface area contributed by atoms with Crippen LogP contribution < -0.4 is 5.56 Å². The minimum Gasteiger partial charge on any atom is -0.451 e. The Hall–Kier alpha value is -1.95. The monoisotopic (exact) mass is 346 g/mol. The lowest BCUT2D eigenvalue weighted by Crippen LogP contribution is -2.17. The van der Waals surface area contributed by atoms with Crippen LogP contribution in [-0.2, 0) is 22.4 Å². The van der Waals surface area contributed by atoms with Crippen LogP contribution in [0.1, 0.15) is 56.5 Å². The third kappa shape index (κ3) is 3.29. The molecule has 0 spiro atoms. The molecule has 6 heteroatoms. The number of esters is 1. The normalized spacial score (nSPS) is 18.1. The molecule has 0 saturated carbocycles. The lowest BCUT2D eigenvalue weighted by Gasteiger charge is -2.17. The van der Waals surface area contributed by atoms with Gasteiger partial charge >= 0.3 is 5.97 Å². The van der Waals surface area contributed by atoms with E-state index in [0.717, 1.165) is 35.2 Å². The number of fused-ring (bicyclic) bond motifs is 3. The minimum atomic E-state index is -0.594. The number of carbonyl (C=O) groups is 1. The van der Waals surface area contributed by atoms with Crippen molar-refractivity contribution in [3.63, 3.8) is 0 Å². The van der Waals surface area contributed by atoms with E-state index in [-0.39, 0.29) is 5.56 Å². The molecule has 2 aromatic heterocycles. The maximum atomic E-state index is 12.5. The summed E-state index contributed by atoms with van der Waals surface area (Å²) in [6.07, 6.45) is 3.89. The van der Waals surface area contributed by atoms with Gasteiger partial charge in [-0.3, -0.25) is 4.79 Å². The van der Waals surface area contributed by atoms with Crippen LogP contribution in [0.15, 0.2) is 16.4 Å². The molecule has 3 rings (SSSR count). The molecule has 2 atom stereocenters. The van der Waals surface area contributed by atoms with Gasteiger partial charge < -0.3 is 9.72 Å². The third-order valence-corrected chi connectivity index (χ3v) is 5.42. The van der Waals surface area contributed by atoms with Gasteiger partial charge in [-0.1, -0.05) is 12.5 Å². The summed E-state index contributed by atoms with van der Waals surface area (Å²) in [5.41, 5.74) is 1.89. The van der Waals surface area contributed by atoms with Crippen molar-refractivity contribution in [2.24, 2.45) is 5.92 Å². The van der Waals surface area contributed by atoms with Gasteiger partial charge in [0.05, 0.1) is 5.39 Å². The number of ether oxygens (including phenoxy) is 1. The number of aromatic amines is 1. The fraction of sp³-hybridized carbons (Fsp3) is 0.500. The van der Waals surface area contributed by atoms with Crippen molar-refractivity contribution in [1.82, 2.24) is 9.97 Å². The lowest BCUT2D eigenvalue weighted by molar-refractivity contribution is -0.142. The predicted octanol–water partition coefficient (Wildman–Crippen LogP) is 3.68. The molecule has 1 aliphatic rings.